The van der Waals surface area contributed by atoms with Crippen molar-refractivity contribution < 1.29 is 5.11 Å². The third-order valence-corrected chi connectivity index (χ3v) is 3.44. The first-order valence-electron chi connectivity index (χ1n) is 5.70. The molecule has 0 spiro atoms. The number of hydrogen-bond acceptors (Lipinski definition) is 4. The molecule has 16 heavy (non-hydrogen) atoms. The lowest BCUT2D eigenvalue weighted by Crippen LogP contribution is -2.25. The zero-order valence-electron chi connectivity index (χ0n) is 9.09. The second-order valence-electron chi connectivity index (χ2n) is 4.53. The molecule has 0 aliphatic carbocycles. The lowest BCUT2D eigenvalue weighted by Gasteiger charge is -2.19. The van der Waals surface area contributed by atoms with Gasteiger partial charge in [-0.05, 0) is 12.8 Å². The van der Waals surface area contributed by atoms with Crippen molar-refractivity contribution in [1.29, 1.82) is 0 Å². The standard InChI is InChI=1S/C10H16N4O2/c11-8-9(12-5-2-7(15)6-12)13-3-1-4-14(13)10(8)16/h7,15H,1-6,11H2. The van der Waals surface area contributed by atoms with Gasteiger partial charge in [-0.2, -0.15) is 0 Å². The maximum absolute atomic E-state index is 11.8. The fourth-order valence-corrected chi connectivity index (χ4v) is 2.68. The minimum atomic E-state index is -0.299. The Hall–Kier alpha value is -1.43. The molecule has 2 aliphatic rings. The van der Waals surface area contributed by atoms with Crippen molar-refractivity contribution in [3.05, 3.63) is 10.4 Å². The van der Waals surface area contributed by atoms with Crippen molar-refractivity contribution in [3.8, 4) is 0 Å². The van der Waals surface area contributed by atoms with Crippen molar-refractivity contribution in [2.75, 3.05) is 23.7 Å². The summed E-state index contributed by atoms with van der Waals surface area (Å²) in [5, 5.41) is 9.53. The molecule has 1 atom stereocenters. The molecule has 3 N–H and O–H groups in total. The molecule has 6 heteroatoms. The number of β-amino-alcohol motifs (C(OH)–C–C–N with tert-alkyl or cyclic N) is 1. The van der Waals surface area contributed by atoms with E-state index >= 15 is 0 Å². The largest absolute Gasteiger partial charge is 0.391 e. The molecule has 0 bridgehead atoms. The maximum atomic E-state index is 11.8. The second kappa shape index (κ2) is 3.28. The average molecular weight is 224 g/mol. The molecule has 1 saturated heterocycles. The van der Waals surface area contributed by atoms with Crippen molar-refractivity contribution in [2.45, 2.75) is 32.0 Å². The molecule has 0 amide bonds. The molecule has 0 aromatic carbocycles. The number of nitrogens with zero attached hydrogens (tertiary/aromatic N) is 3. The number of aromatic nitrogens is 2. The average Bonchev–Trinajstić information content (AvgIpc) is 2.90. The summed E-state index contributed by atoms with van der Waals surface area (Å²) >= 11 is 0. The van der Waals surface area contributed by atoms with Crippen LogP contribution in [0.3, 0.4) is 0 Å². The molecular formula is C10H16N4O2. The van der Waals surface area contributed by atoms with E-state index in [-0.39, 0.29) is 11.7 Å². The summed E-state index contributed by atoms with van der Waals surface area (Å²) in [5.74, 6) is 0.805. The summed E-state index contributed by atoms with van der Waals surface area (Å²) < 4.78 is 3.66. The van der Waals surface area contributed by atoms with E-state index in [1.165, 1.54) is 0 Å². The molecule has 2 aliphatic heterocycles. The summed E-state index contributed by atoms with van der Waals surface area (Å²) in [7, 11) is 0. The summed E-state index contributed by atoms with van der Waals surface area (Å²) in [6.45, 7) is 2.94. The highest BCUT2D eigenvalue weighted by Crippen LogP contribution is 2.27. The highest BCUT2D eigenvalue weighted by molar-refractivity contribution is 5.63. The Morgan fingerprint density at radius 3 is 2.69 bits per heavy atom. The van der Waals surface area contributed by atoms with Crippen LogP contribution in [0.4, 0.5) is 11.5 Å². The van der Waals surface area contributed by atoms with Crippen LogP contribution in [0.5, 0.6) is 0 Å². The Balaban J connectivity index is 2.07. The molecule has 1 aromatic heterocycles. The van der Waals surface area contributed by atoms with Crippen LogP contribution < -0.4 is 16.2 Å². The van der Waals surface area contributed by atoms with Crippen LogP contribution in [-0.2, 0) is 13.1 Å². The predicted molar refractivity (Wildman–Crippen MR) is 60.6 cm³/mol. The molecule has 1 fully saturated rings. The van der Waals surface area contributed by atoms with Gasteiger partial charge in [0.2, 0.25) is 0 Å². The van der Waals surface area contributed by atoms with Gasteiger partial charge >= 0.3 is 0 Å². The van der Waals surface area contributed by atoms with Crippen LogP contribution in [0, 0.1) is 0 Å². The van der Waals surface area contributed by atoms with Gasteiger partial charge in [0.15, 0.2) is 5.82 Å². The SMILES string of the molecule is Nc1c(N2CCC(O)C2)n2n(c1=O)CCC2. The molecule has 1 aromatic rings. The molecular weight excluding hydrogens is 208 g/mol. The fraction of sp³-hybridized carbons (Fsp3) is 0.700. The van der Waals surface area contributed by atoms with E-state index in [1.807, 2.05) is 9.58 Å². The normalized spacial score (nSPS) is 24.1. The monoisotopic (exact) mass is 224 g/mol. The van der Waals surface area contributed by atoms with Crippen LogP contribution in [0.25, 0.3) is 0 Å². The Morgan fingerprint density at radius 1 is 1.25 bits per heavy atom. The smallest absolute Gasteiger partial charge is 0.292 e. The van der Waals surface area contributed by atoms with Gasteiger partial charge in [0.1, 0.15) is 5.69 Å². The Labute approximate surface area is 92.8 Å². The lowest BCUT2D eigenvalue weighted by atomic mass is 10.3. The van der Waals surface area contributed by atoms with Crippen LogP contribution in [0.1, 0.15) is 12.8 Å². The number of rotatable bonds is 1. The van der Waals surface area contributed by atoms with Crippen LogP contribution in [0.15, 0.2) is 4.79 Å². The van der Waals surface area contributed by atoms with Gasteiger partial charge in [-0.3, -0.25) is 9.48 Å². The minimum absolute atomic E-state index is 0.0890. The molecule has 0 saturated carbocycles. The lowest BCUT2D eigenvalue weighted by molar-refractivity contribution is 0.198. The van der Waals surface area contributed by atoms with E-state index in [1.54, 1.807) is 4.68 Å². The third kappa shape index (κ3) is 1.19. The number of aliphatic hydroxyl groups is 1. The van der Waals surface area contributed by atoms with Gasteiger partial charge in [0.05, 0.1) is 6.10 Å². The van der Waals surface area contributed by atoms with Crippen LogP contribution in [-0.4, -0.2) is 33.7 Å². The van der Waals surface area contributed by atoms with Crippen LogP contribution in [0.2, 0.25) is 0 Å². The molecule has 0 radical (unpaired) electrons. The molecule has 3 rings (SSSR count). The first kappa shape index (κ1) is 9.77. The highest BCUT2D eigenvalue weighted by Gasteiger charge is 2.29. The number of nitrogens with two attached hydrogens (primary N) is 1. The zero-order chi connectivity index (χ0) is 11.3. The van der Waals surface area contributed by atoms with E-state index in [0.29, 0.717) is 12.2 Å². The molecule has 6 nitrogen and oxygen atoms in total. The van der Waals surface area contributed by atoms with Crippen molar-refractivity contribution in [1.82, 2.24) is 9.36 Å². The van der Waals surface area contributed by atoms with E-state index in [9.17, 15) is 9.90 Å². The number of aliphatic hydroxyl groups excluding tert-OH is 1. The Morgan fingerprint density at radius 2 is 2.00 bits per heavy atom. The topological polar surface area (TPSA) is 76.4 Å². The highest BCUT2D eigenvalue weighted by atomic mass is 16.3. The van der Waals surface area contributed by atoms with Gasteiger partial charge in [0, 0.05) is 26.2 Å². The Kier molecular flexibility index (Phi) is 2.00. The zero-order valence-corrected chi connectivity index (χ0v) is 9.09. The maximum Gasteiger partial charge on any atom is 0.292 e. The quantitative estimate of drug-likeness (QED) is 0.655. The van der Waals surface area contributed by atoms with Crippen LogP contribution >= 0.6 is 0 Å². The molecule has 1 unspecified atom stereocenters. The predicted octanol–water partition coefficient (Wildman–Crippen LogP) is -0.793. The van der Waals surface area contributed by atoms with Gasteiger partial charge in [-0.1, -0.05) is 0 Å². The number of nitrogen functional groups attached to an aromatic ring is 1. The number of fused-ring (bicyclic) bond motifs is 1. The summed E-state index contributed by atoms with van der Waals surface area (Å²) in [6, 6.07) is 0. The van der Waals surface area contributed by atoms with Crippen molar-refractivity contribution >= 4 is 11.5 Å². The fourth-order valence-electron chi connectivity index (χ4n) is 2.68. The van der Waals surface area contributed by atoms with Crippen molar-refractivity contribution in [3.63, 3.8) is 0 Å². The summed E-state index contributed by atoms with van der Waals surface area (Å²) in [5.41, 5.74) is 6.10. The van der Waals surface area contributed by atoms with Gasteiger partial charge in [-0.15, -0.1) is 0 Å². The Bertz CT molecular complexity index is 476. The van der Waals surface area contributed by atoms with Gasteiger partial charge in [0.25, 0.3) is 5.56 Å². The molecule has 3 heterocycles. The van der Waals surface area contributed by atoms with E-state index in [2.05, 4.69) is 0 Å². The summed E-state index contributed by atoms with van der Waals surface area (Å²) in [6.07, 6.45) is 1.43. The second-order valence-corrected chi connectivity index (χ2v) is 4.53. The van der Waals surface area contributed by atoms with Gasteiger partial charge in [-0.25, -0.2) is 4.68 Å². The minimum Gasteiger partial charge on any atom is -0.391 e. The van der Waals surface area contributed by atoms with E-state index < -0.39 is 0 Å². The van der Waals surface area contributed by atoms with E-state index in [0.717, 1.165) is 38.3 Å². The van der Waals surface area contributed by atoms with Crippen molar-refractivity contribution in [2.24, 2.45) is 0 Å². The summed E-state index contributed by atoms with van der Waals surface area (Å²) in [4.78, 5) is 13.9. The number of hydrogen-bond donors (Lipinski definition) is 2. The number of anilines is 2. The molecule has 88 valence electrons. The third-order valence-electron chi connectivity index (χ3n) is 3.44. The van der Waals surface area contributed by atoms with E-state index in [4.69, 9.17) is 5.73 Å². The first-order chi connectivity index (χ1) is 7.68. The van der Waals surface area contributed by atoms with Gasteiger partial charge < -0.3 is 15.7 Å². The first-order valence-corrected chi connectivity index (χ1v) is 5.70.